The average molecular weight is 286 g/mol. The second-order valence-electron chi connectivity index (χ2n) is 4.15. The topological polar surface area (TPSA) is 66.8 Å². The molecular weight excluding hydrogens is 270 g/mol. The molecule has 1 N–H and O–H groups in total. The molecular formula is C13H16ClNO4. The maximum absolute atomic E-state index is 12.0. The van der Waals surface area contributed by atoms with E-state index in [4.69, 9.17) is 21.4 Å². The highest BCUT2D eigenvalue weighted by molar-refractivity contribution is 6.30. The fraction of sp³-hybridized carbons (Fsp3) is 0.385. The molecule has 0 aliphatic rings. The van der Waals surface area contributed by atoms with Crippen LogP contribution in [0.4, 0.5) is 5.69 Å². The fourth-order valence-electron chi connectivity index (χ4n) is 1.53. The van der Waals surface area contributed by atoms with Crippen LogP contribution < -0.4 is 4.90 Å². The van der Waals surface area contributed by atoms with Gasteiger partial charge >= 0.3 is 5.97 Å². The molecule has 0 spiro atoms. The number of rotatable bonds is 6. The number of benzene rings is 1. The number of carbonyl (C=O) groups excluding carboxylic acids is 1. The Balaban J connectivity index is 2.94. The molecule has 0 saturated carbocycles. The second-order valence-corrected chi connectivity index (χ2v) is 4.59. The summed E-state index contributed by atoms with van der Waals surface area (Å²) in [6.45, 7) is 1.53. The minimum absolute atomic E-state index is 0.0825. The van der Waals surface area contributed by atoms with Crippen molar-refractivity contribution in [3.63, 3.8) is 0 Å². The number of halogens is 1. The van der Waals surface area contributed by atoms with Gasteiger partial charge < -0.3 is 14.7 Å². The van der Waals surface area contributed by atoms with Crippen LogP contribution in [0.3, 0.4) is 0 Å². The number of carboxylic acid groups (broad SMARTS) is 1. The van der Waals surface area contributed by atoms with Gasteiger partial charge in [-0.25, -0.2) is 0 Å². The molecule has 1 amide bonds. The molecule has 0 heterocycles. The highest BCUT2D eigenvalue weighted by Gasteiger charge is 2.21. The number of carboxylic acids is 1. The molecule has 0 aromatic heterocycles. The summed E-state index contributed by atoms with van der Waals surface area (Å²) in [4.78, 5) is 24.3. The van der Waals surface area contributed by atoms with Gasteiger partial charge in [0.15, 0.2) is 0 Å². The van der Waals surface area contributed by atoms with Gasteiger partial charge in [0, 0.05) is 24.4 Å². The summed E-state index contributed by atoms with van der Waals surface area (Å²) >= 11 is 5.79. The summed E-state index contributed by atoms with van der Waals surface area (Å²) in [6.07, 6.45) is 0. The number of carbonyl (C=O) groups is 2. The summed E-state index contributed by atoms with van der Waals surface area (Å²) < 4.78 is 4.81. The molecule has 1 aromatic carbocycles. The van der Waals surface area contributed by atoms with Crippen molar-refractivity contribution in [2.24, 2.45) is 5.92 Å². The molecule has 6 heteroatoms. The summed E-state index contributed by atoms with van der Waals surface area (Å²) in [5.74, 6) is -1.92. The van der Waals surface area contributed by atoms with Crippen LogP contribution in [-0.2, 0) is 14.3 Å². The SMILES string of the molecule is COCC(=O)N(CC(C)C(=O)O)c1ccc(Cl)cc1. The molecule has 104 valence electrons. The van der Waals surface area contributed by atoms with Gasteiger partial charge in [-0.3, -0.25) is 9.59 Å². The highest BCUT2D eigenvalue weighted by atomic mass is 35.5. The van der Waals surface area contributed by atoms with Crippen molar-refractivity contribution in [2.45, 2.75) is 6.92 Å². The lowest BCUT2D eigenvalue weighted by molar-refractivity contribution is -0.140. The number of nitrogens with zero attached hydrogens (tertiary/aromatic N) is 1. The van der Waals surface area contributed by atoms with E-state index >= 15 is 0 Å². The summed E-state index contributed by atoms with van der Waals surface area (Å²) in [6, 6.07) is 6.64. The first-order chi connectivity index (χ1) is 8.95. The Labute approximate surface area is 116 Å². The monoisotopic (exact) mass is 285 g/mol. The van der Waals surface area contributed by atoms with Crippen molar-refractivity contribution in [1.82, 2.24) is 0 Å². The Morgan fingerprint density at radius 1 is 1.37 bits per heavy atom. The zero-order valence-electron chi connectivity index (χ0n) is 10.8. The Morgan fingerprint density at radius 2 is 1.95 bits per heavy atom. The molecule has 0 fully saturated rings. The average Bonchev–Trinajstić information content (AvgIpc) is 2.37. The number of hydrogen-bond acceptors (Lipinski definition) is 3. The first-order valence-electron chi connectivity index (χ1n) is 5.73. The molecule has 0 radical (unpaired) electrons. The van der Waals surface area contributed by atoms with Crippen molar-refractivity contribution in [3.8, 4) is 0 Å². The Kier molecular flexibility index (Phi) is 5.79. The fourth-order valence-corrected chi connectivity index (χ4v) is 1.65. The van der Waals surface area contributed by atoms with Gasteiger partial charge in [-0.05, 0) is 24.3 Å². The first kappa shape index (κ1) is 15.5. The van der Waals surface area contributed by atoms with E-state index in [-0.39, 0.29) is 19.1 Å². The predicted octanol–water partition coefficient (Wildman–Crippen LogP) is 2.04. The quantitative estimate of drug-likeness (QED) is 0.868. The number of ether oxygens (including phenoxy) is 1. The van der Waals surface area contributed by atoms with Gasteiger partial charge in [-0.15, -0.1) is 0 Å². The molecule has 1 unspecified atom stereocenters. The third-order valence-corrected chi connectivity index (χ3v) is 2.84. The van der Waals surface area contributed by atoms with Crippen molar-refractivity contribution >= 4 is 29.2 Å². The Bertz CT molecular complexity index is 446. The van der Waals surface area contributed by atoms with E-state index in [2.05, 4.69) is 0 Å². The normalized spacial score (nSPS) is 11.9. The van der Waals surface area contributed by atoms with Crippen molar-refractivity contribution in [3.05, 3.63) is 29.3 Å². The molecule has 0 saturated heterocycles. The summed E-state index contributed by atoms with van der Waals surface area (Å²) in [5, 5.41) is 9.49. The van der Waals surface area contributed by atoms with Crippen LogP contribution in [-0.4, -0.2) is 37.2 Å². The van der Waals surface area contributed by atoms with Gasteiger partial charge in [0.05, 0.1) is 5.92 Å². The van der Waals surface area contributed by atoms with Gasteiger partial charge in [-0.1, -0.05) is 18.5 Å². The molecule has 0 aliphatic heterocycles. The Hall–Kier alpha value is -1.59. The largest absolute Gasteiger partial charge is 0.481 e. The van der Waals surface area contributed by atoms with E-state index in [9.17, 15) is 9.59 Å². The zero-order chi connectivity index (χ0) is 14.4. The highest BCUT2D eigenvalue weighted by Crippen LogP contribution is 2.19. The number of amides is 1. The Morgan fingerprint density at radius 3 is 2.42 bits per heavy atom. The van der Waals surface area contributed by atoms with Crippen LogP contribution in [0, 0.1) is 5.92 Å². The number of anilines is 1. The third kappa shape index (κ3) is 4.54. The van der Waals surface area contributed by atoms with Crippen LogP contribution in [0.15, 0.2) is 24.3 Å². The lowest BCUT2D eigenvalue weighted by Gasteiger charge is -2.24. The van der Waals surface area contributed by atoms with Crippen LogP contribution in [0.25, 0.3) is 0 Å². The smallest absolute Gasteiger partial charge is 0.308 e. The molecule has 19 heavy (non-hydrogen) atoms. The zero-order valence-corrected chi connectivity index (χ0v) is 11.6. The van der Waals surface area contributed by atoms with Crippen LogP contribution >= 0.6 is 11.6 Å². The van der Waals surface area contributed by atoms with Crippen molar-refractivity contribution in [1.29, 1.82) is 0 Å². The third-order valence-electron chi connectivity index (χ3n) is 2.59. The van der Waals surface area contributed by atoms with E-state index in [1.807, 2.05) is 0 Å². The lowest BCUT2D eigenvalue weighted by atomic mass is 10.1. The van der Waals surface area contributed by atoms with Crippen LogP contribution in [0.2, 0.25) is 5.02 Å². The van der Waals surface area contributed by atoms with Crippen LogP contribution in [0.5, 0.6) is 0 Å². The molecule has 5 nitrogen and oxygen atoms in total. The van der Waals surface area contributed by atoms with Gasteiger partial charge in [0.2, 0.25) is 0 Å². The molecule has 0 aliphatic carbocycles. The van der Waals surface area contributed by atoms with E-state index < -0.39 is 11.9 Å². The minimum atomic E-state index is -0.954. The lowest BCUT2D eigenvalue weighted by Crippen LogP contribution is -2.39. The number of aliphatic carboxylic acids is 1. The summed E-state index contributed by atoms with van der Waals surface area (Å²) in [5.41, 5.74) is 0.597. The van der Waals surface area contributed by atoms with Crippen LogP contribution in [0.1, 0.15) is 6.92 Å². The standard InChI is InChI=1S/C13H16ClNO4/c1-9(13(17)18)7-15(12(16)8-19-2)11-5-3-10(14)4-6-11/h3-6,9H,7-8H2,1-2H3,(H,17,18). The van der Waals surface area contributed by atoms with Gasteiger partial charge in [-0.2, -0.15) is 0 Å². The van der Waals surface area contributed by atoms with E-state index in [1.54, 1.807) is 31.2 Å². The maximum atomic E-state index is 12.0. The minimum Gasteiger partial charge on any atom is -0.481 e. The van der Waals surface area contributed by atoms with E-state index in [0.717, 1.165) is 0 Å². The van der Waals surface area contributed by atoms with Gasteiger partial charge in [0.1, 0.15) is 6.61 Å². The maximum Gasteiger partial charge on any atom is 0.308 e. The predicted molar refractivity (Wildman–Crippen MR) is 72.5 cm³/mol. The number of hydrogen-bond donors (Lipinski definition) is 1. The van der Waals surface area contributed by atoms with Crippen molar-refractivity contribution in [2.75, 3.05) is 25.2 Å². The van der Waals surface area contributed by atoms with Crippen molar-refractivity contribution < 1.29 is 19.4 Å². The second kappa shape index (κ2) is 7.11. The van der Waals surface area contributed by atoms with E-state index in [1.165, 1.54) is 12.0 Å². The first-order valence-corrected chi connectivity index (χ1v) is 6.11. The molecule has 1 atom stereocenters. The van der Waals surface area contributed by atoms with E-state index in [0.29, 0.717) is 10.7 Å². The number of methoxy groups -OCH3 is 1. The molecule has 1 aromatic rings. The van der Waals surface area contributed by atoms with Gasteiger partial charge in [0.25, 0.3) is 5.91 Å². The summed E-state index contributed by atoms with van der Waals surface area (Å²) in [7, 11) is 1.42. The molecule has 0 bridgehead atoms. The molecule has 1 rings (SSSR count).